The average Bonchev–Trinajstić information content (AvgIpc) is 2.43. The van der Waals surface area contributed by atoms with Gasteiger partial charge in [0.25, 0.3) is 0 Å². The van der Waals surface area contributed by atoms with Gasteiger partial charge in [0.05, 0.1) is 12.1 Å². The number of hydrogen-bond donors (Lipinski definition) is 1. The van der Waals surface area contributed by atoms with Crippen LogP contribution in [0.2, 0.25) is 23.2 Å². The fourth-order valence-corrected chi connectivity index (χ4v) is 4.47. The minimum absolute atomic E-state index is 0.251. The molecule has 1 aromatic carbocycles. The van der Waals surface area contributed by atoms with E-state index in [9.17, 15) is 0 Å². The molecule has 4 heteroatoms. The van der Waals surface area contributed by atoms with E-state index >= 15 is 0 Å². The average molecular weight is 354 g/mol. The second-order valence-corrected chi connectivity index (χ2v) is 13.6. The van der Waals surface area contributed by atoms with Crippen LogP contribution in [0.15, 0.2) is 18.2 Å². The topological polar surface area (TPSA) is 21.3 Å². The molecule has 1 N–H and O–H groups in total. The van der Waals surface area contributed by atoms with E-state index in [1.165, 1.54) is 24.8 Å². The van der Waals surface area contributed by atoms with Crippen LogP contribution in [-0.2, 0) is 4.43 Å². The summed E-state index contributed by atoms with van der Waals surface area (Å²) in [6, 6.07) is 6.45. The number of rotatable bonds is 4. The van der Waals surface area contributed by atoms with Gasteiger partial charge < -0.3 is 9.74 Å². The molecule has 0 saturated heterocycles. The highest BCUT2D eigenvalue weighted by atomic mass is 35.5. The summed E-state index contributed by atoms with van der Waals surface area (Å²) in [6.07, 6.45) is 5.18. The summed E-state index contributed by atoms with van der Waals surface area (Å²) in [5, 5.41) is 4.77. The normalized spacial score (nSPS) is 22.9. The van der Waals surface area contributed by atoms with Gasteiger partial charge in [0, 0.05) is 10.7 Å². The van der Waals surface area contributed by atoms with Gasteiger partial charge in [-0.05, 0) is 55.6 Å². The third-order valence-corrected chi connectivity index (χ3v) is 10.2. The van der Waals surface area contributed by atoms with Crippen molar-refractivity contribution < 1.29 is 4.43 Å². The first-order valence-corrected chi connectivity index (χ1v) is 12.1. The molecule has 2 rings (SSSR count). The molecule has 1 saturated carbocycles. The summed E-state index contributed by atoms with van der Waals surface area (Å²) in [5.41, 5.74) is 2.39. The summed E-state index contributed by atoms with van der Waals surface area (Å²) in [6.45, 7) is 13.8. The lowest BCUT2D eigenvalue weighted by molar-refractivity contribution is 0.124. The van der Waals surface area contributed by atoms with E-state index in [2.05, 4.69) is 52.2 Å². The quantitative estimate of drug-likeness (QED) is 0.633. The van der Waals surface area contributed by atoms with Gasteiger partial charge in [0.15, 0.2) is 8.32 Å². The van der Waals surface area contributed by atoms with Gasteiger partial charge in [-0.25, -0.2) is 0 Å². The maximum absolute atomic E-state index is 6.74. The Hall–Kier alpha value is -0.513. The lowest BCUT2D eigenvalue weighted by Gasteiger charge is -2.43. The van der Waals surface area contributed by atoms with Crippen LogP contribution >= 0.6 is 11.6 Å². The van der Waals surface area contributed by atoms with Crippen LogP contribution in [0, 0.1) is 6.92 Å². The lowest BCUT2D eigenvalue weighted by atomic mass is 9.92. The van der Waals surface area contributed by atoms with E-state index in [0.717, 1.165) is 17.1 Å². The molecule has 1 aromatic rings. The molecule has 0 spiro atoms. The third-order valence-electron chi connectivity index (χ3n) is 5.50. The zero-order chi connectivity index (χ0) is 17.3. The molecule has 0 heterocycles. The molecule has 130 valence electrons. The van der Waals surface area contributed by atoms with Gasteiger partial charge in [-0.15, -0.1) is 0 Å². The highest BCUT2D eigenvalue weighted by Crippen LogP contribution is 2.39. The summed E-state index contributed by atoms with van der Waals surface area (Å²) in [4.78, 5) is 0. The van der Waals surface area contributed by atoms with Crippen LogP contribution < -0.4 is 5.32 Å². The third kappa shape index (κ3) is 4.74. The molecule has 0 aliphatic heterocycles. The molecule has 0 amide bonds. The molecule has 0 bridgehead atoms. The van der Waals surface area contributed by atoms with Crippen LogP contribution in [0.5, 0.6) is 0 Å². The first-order chi connectivity index (χ1) is 10.6. The van der Waals surface area contributed by atoms with Gasteiger partial charge in [0.2, 0.25) is 0 Å². The summed E-state index contributed by atoms with van der Waals surface area (Å²) >= 11 is 6.17. The zero-order valence-corrected chi connectivity index (χ0v) is 17.3. The fraction of sp³-hybridized carbons (Fsp3) is 0.684. The first kappa shape index (κ1) is 18.8. The lowest BCUT2D eigenvalue weighted by Crippen LogP contribution is -2.49. The monoisotopic (exact) mass is 353 g/mol. The summed E-state index contributed by atoms with van der Waals surface area (Å²) in [5.74, 6) is 0. The smallest absolute Gasteiger partial charge is 0.192 e. The van der Waals surface area contributed by atoms with Crippen molar-refractivity contribution in [2.24, 2.45) is 0 Å². The molecule has 1 aliphatic rings. The Labute approximate surface area is 148 Å². The Morgan fingerprint density at radius 1 is 1.17 bits per heavy atom. The van der Waals surface area contributed by atoms with Crippen molar-refractivity contribution in [3.8, 4) is 0 Å². The van der Waals surface area contributed by atoms with Crippen molar-refractivity contribution in [1.29, 1.82) is 0 Å². The van der Waals surface area contributed by atoms with Gasteiger partial charge >= 0.3 is 0 Å². The minimum Gasteiger partial charge on any atom is -0.412 e. The van der Waals surface area contributed by atoms with Crippen molar-refractivity contribution in [3.63, 3.8) is 0 Å². The SMILES string of the molecule is Cc1ccc(Cl)cc1N[C@@H]1CCCC[C@H]1O[Si](C)(C)C(C)(C)C. The maximum Gasteiger partial charge on any atom is 0.192 e. The van der Waals surface area contributed by atoms with Gasteiger partial charge in [-0.1, -0.05) is 51.3 Å². The maximum atomic E-state index is 6.74. The Balaban J connectivity index is 2.14. The van der Waals surface area contributed by atoms with E-state index in [-0.39, 0.29) is 5.04 Å². The van der Waals surface area contributed by atoms with Crippen LogP contribution in [0.4, 0.5) is 5.69 Å². The number of hydrogen-bond acceptors (Lipinski definition) is 2. The standard InChI is InChI=1S/C19H32ClNOSi/c1-14-11-12-15(20)13-17(14)21-16-9-7-8-10-18(16)22-23(5,6)19(2,3)4/h11-13,16,18,21H,7-10H2,1-6H3/t16-,18-/m1/s1. The molecule has 1 fully saturated rings. The zero-order valence-electron chi connectivity index (χ0n) is 15.5. The molecule has 0 radical (unpaired) electrons. The Morgan fingerprint density at radius 3 is 2.48 bits per heavy atom. The minimum atomic E-state index is -1.74. The van der Waals surface area contributed by atoms with Crippen molar-refractivity contribution >= 4 is 25.6 Å². The molecule has 23 heavy (non-hydrogen) atoms. The molecule has 2 nitrogen and oxygen atoms in total. The van der Waals surface area contributed by atoms with E-state index in [0.29, 0.717) is 12.1 Å². The van der Waals surface area contributed by atoms with E-state index < -0.39 is 8.32 Å². The molecular formula is C19H32ClNOSi. The van der Waals surface area contributed by atoms with Crippen LogP contribution in [-0.4, -0.2) is 20.5 Å². The van der Waals surface area contributed by atoms with E-state index in [4.69, 9.17) is 16.0 Å². The number of anilines is 1. The summed E-state index contributed by atoms with van der Waals surface area (Å²) in [7, 11) is -1.74. The summed E-state index contributed by atoms with van der Waals surface area (Å²) < 4.78 is 6.74. The van der Waals surface area contributed by atoms with Crippen LogP contribution in [0.1, 0.15) is 52.0 Å². The largest absolute Gasteiger partial charge is 0.412 e. The van der Waals surface area contributed by atoms with Crippen molar-refractivity contribution in [3.05, 3.63) is 28.8 Å². The molecule has 0 unspecified atom stereocenters. The predicted molar refractivity (Wildman–Crippen MR) is 104 cm³/mol. The van der Waals surface area contributed by atoms with Crippen molar-refractivity contribution in [2.75, 3.05) is 5.32 Å². The van der Waals surface area contributed by atoms with Gasteiger partial charge in [-0.3, -0.25) is 0 Å². The van der Waals surface area contributed by atoms with E-state index in [1.807, 2.05) is 12.1 Å². The number of aryl methyl sites for hydroxylation is 1. The molecule has 0 aromatic heterocycles. The predicted octanol–water partition coefficient (Wildman–Crippen LogP) is 6.39. The van der Waals surface area contributed by atoms with E-state index in [1.54, 1.807) is 0 Å². The van der Waals surface area contributed by atoms with Crippen molar-refractivity contribution in [1.82, 2.24) is 0 Å². The second kappa shape index (κ2) is 7.16. The van der Waals surface area contributed by atoms with Crippen LogP contribution in [0.3, 0.4) is 0 Å². The number of nitrogens with one attached hydrogen (secondary N) is 1. The molecule has 2 atom stereocenters. The highest BCUT2D eigenvalue weighted by molar-refractivity contribution is 6.74. The van der Waals surface area contributed by atoms with Crippen molar-refractivity contribution in [2.45, 2.75) is 83.7 Å². The Morgan fingerprint density at radius 2 is 1.83 bits per heavy atom. The Bertz CT molecular complexity index is 539. The highest BCUT2D eigenvalue weighted by Gasteiger charge is 2.41. The first-order valence-electron chi connectivity index (χ1n) is 8.81. The molecular weight excluding hydrogens is 322 g/mol. The van der Waals surface area contributed by atoms with Crippen LogP contribution in [0.25, 0.3) is 0 Å². The second-order valence-electron chi connectivity index (χ2n) is 8.41. The Kier molecular flexibility index (Phi) is 5.86. The number of benzene rings is 1. The molecule has 1 aliphatic carbocycles. The number of halogens is 1. The fourth-order valence-electron chi connectivity index (χ4n) is 2.91. The van der Waals surface area contributed by atoms with Gasteiger partial charge in [0.1, 0.15) is 0 Å². The van der Waals surface area contributed by atoms with Gasteiger partial charge in [-0.2, -0.15) is 0 Å².